The molecule has 0 heterocycles. The van der Waals surface area contributed by atoms with Crippen LogP contribution in [0.3, 0.4) is 0 Å². The van der Waals surface area contributed by atoms with Crippen molar-refractivity contribution in [3.8, 4) is 11.5 Å². The molecule has 0 N–H and O–H groups in total. The van der Waals surface area contributed by atoms with E-state index in [4.69, 9.17) is 9.47 Å². The Labute approximate surface area is 130 Å². The van der Waals surface area contributed by atoms with Crippen molar-refractivity contribution in [3.05, 3.63) is 35.9 Å². The number of hydrogen-bond donors (Lipinski definition) is 0. The van der Waals surface area contributed by atoms with Crippen LogP contribution in [0, 0.1) is 5.92 Å². The van der Waals surface area contributed by atoms with Crippen LogP contribution < -0.4 is 9.47 Å². The highest BCUT2D eigenvalue weighted by molar-refractivity contribution is 6.02. The number of ketones is 1. The van der Waals surface area contributed by atoms with Crippen molar-refractivity contribution in [1.29, 1.82) is 0 Å². The summed E-state index contributed by atoms with van der Waals surface area (Å²) in [6, 6.07) is 8.93. The first kappa shape index (κ1) is 16.0. The zero-order chi connectivity index (χ0) is 16.3. The number of esters is 1. The van der Waals surface area contributed by atoms with Gasteiger partial charge in [-0.3, -0.25) is 9.59 Å². The molecule has 0 fully saturated rings. The quantitative estimate of drug-likeness (QED) is 0.476. The molecule has 0 amide bonds. The van der Waals surface area contributed by atoms with Crippen LogP contribution in [0.4, 0.5) is 0 Å². The monoisotopic (exact) mass is 300 g/mol. The Hall–Kier alpha value is -2.36. The van der Waals surface area contributed by atoms with Gasteiger partial charge >= 0.3 is 5.97 Å². The number of methoxy groups -OCH3 is 1. The van der Waals surface area contributed by atoms with E-state index in [0.717, 1.165) is 10.8 Å². The number of fused-ring (bicyclic) bond motifs is 1. The second-order valence-corrected chi connectivity index (χ2v) is 5.68. The van der Waals surface area contributed by atoms with Crippen LogP contribution in [0.2, 0.25) is 0 Å². The summed E-state index contributed by atoms with van der Waals surface area (Å²) in [6.45, 7) is 5.34. The second-order valence-electron chi connectivity index (χ2n) is 5.68. The summed E-state index contributed by atoms with van der Waals surface area (Å²) < 4.78 is 10.5. The van der Waals surface area contributed by atoms with Crippen LogP contribution in [-0.4, -0.2) is 18.9 Å². The van der Waals surface area contributed by atoms with Crippen LogP contribution >= 0.6 is 0 Å². The Balaban J connectivity index is 2.57. The zero-order valence-corrected chi connectivity index (χ0v) is 13.3. The van der Waals surface area contributed by atoms with Crippen molar-refractivity contribution in [2.75, 3.05) is 7.11 Å². The van der Waals surface area contributed by atoms with E-state index in [0.29, 0.717) is 23.5 Å². The van der Waals surface area contributed by atoms with Gasteiger partial charge in [0.1, 0.15) is 11.5 Å². The largest absolute Gasteiger partial charge is 0.497 e. The van der Waals surface area contributed by atoms with E-state index in [1.165, 1.54) is 6.92 Å². The van der Waals surface area contributed by atoms with Gasteiger partial charge in [-0.15, -0.1) is 0 Å². The van der Waals surface area contributed by atoms with E-state index in [9.17, 15) is 9.59 Å². The molecule has 0 saturated heterocycles. The fraction of sp³-hybridized carbons (Fsp3) is 0.333. The highest BCUT2D eigenvalue weighted by Gasteiger charge is 2.14. The molecule has 0 saturated carbocycles. The molecule has 0 radical (unpaired) electrons. The Bertz CT molecular complexity index is 716. The molecular formula is C18H20O4. The molecule has 2 aromatic carbocycles. The number of carbonyl (C=O) groups is 2. The Morgan fingerprint density at radius 1 is 1.14 bits per heavy atom. The molecule has 0 aliphatic heterocycles. The summed E-state index contributed by atoms with van der Waals surface area (Å²) in [4.78, 5) is 23.6. The summed E-state index contributed by atoms with van der Waals surface area (Å²) in [7, 11) is 1.58. The Morgan fingerprint density at radius 2 is 1.86 bits per heavy atom. The minimum atomic E-state index is -0.419. The molecule has 116 valence electrons. The van der Waals surface area contributed by atoms with Crippen LogP contribution in [-0.2, 0) is 4.79 Å². The molecule has 0 unspecified atom stereocenters. The number of benzene rings is 2. The first-order valence-corrected chi connectivity index (χ1v) is 7.24. The van der Waals surface area contributed by atoms with Crippen molar-refractivity contribution in [2.24, 2.45) is 5.92 Å². The third kappa shape index (κ3) is 3.64. The lowest BCUT2D eigenvalue weighted by Gasteiger charge is -2.11. The van der Waals surface area contributed by atoms with Gasteiger partial charge in [-0.05, 0) is 35.6 Å². The van der Waals surface area contributed by atoms with E-state index >= 15 is 0 Å². The van der Waals surface area contributed by atoms with Gasteiger partial charge < -0.3 is 9.47 Å². The number of ether oxygens (including phenoxy) is 2. The van der Waals surface area contributed by atoms with Gasteiger partial charge in [0.05, 0.1) is 7.11 Å². The molecule has 4 heteroatoms. The summed E-state index contributed by atoms with van der Waals surface area (Å²) in [6.07, 6.45) is 0.459. The van der Waals surface area contributed by atoms with Crippen molar-refractivity contribution in [3.63, 3.8) is 0 Å². The molecule has 0 atom stereocenters. The van der Waals surface area contributed by atoms with E-state index < -0.39 is 5.97 Å². The van der Waals surface area contributed by atoms with Crippen molar-refractivity contribution < 1.29 is 19.1 Å². The molecule has 0 spiro atoms. The van der Waals surface area contributed by atoms with Crippen LogP contribution in [0.15, 0.2) is 30.3 Å². The topological polar surface area (TPSA) is 52.6 Å². The minimum absolute atomic E-state index is 0.0427. The van der Waals surface area contributed by atoms with Crippen molar-refractivity contribution >= 4 is 22.5 Å². The summed E-state index contributed by atoms with van der Waals surface area (Å²) in [5.41, 5.74) is 0.558. The molecule has 4 nitrogen and oxygen atoms in total. The fourth-order valence-electron chi connectivity index (χ4n) is 2.32. The maximum Gasteiger partial charge on any atom is 0.308 e. The van der Waals surface area contributed by atoms with Gasteiger partial charge in [0.15, 0.2) is 5.78 Å². The van der Waals surface area contributed by atoms with Crippen LogP contribution in [0.25, 0.3) is 10.8 Å². The molecule has 0 aliphatic carbocycles. The number of carbonyl (C=O) groups excluding carboxylic acids is 2. The number of hydrogen-bond acceptors (Lipinski definition) is 4. The Morgan fingerprint density at radius 3 is 2.45 bits per heavy atom. The lowest BCUT2D eigenvalue weighted by atomic mass is 9.98. The lowest BCUT2D eigenvalue weighted by molar-refractivity contribution is -0.131. The third-order valence-electron chi connectivity index (χ3n) is 3.29. The standard InChI is InChI=1S/C18H20O4/c1-11(2)7-17(20)14-8-13-5-6-15(21-4)10-16(13)18(9-14)22-12(3)19/h5-6,8-11H,7H2,1-4H3. The summed E-state index contributed by atoms with van der Waals surface area (Å²) in [5.74, 6) is 0.952. The van der Waals surface area contributed by atoms with E-state index in [1.807, 2.05) is 32.0 Å². The van der Waals surface area contributed by atoms with E-state index in [-0.39, 0.29) is 11.7 Å². The van der Waals surface area contributed by atoms with Crippen LogP contribution in [0.1, 0.15) is 37.6 Å². The molecule has 0 aromatic heterocycles. The number of rotatable bonds is 5. The van der Waals surface area contributed by atoms with Gasteiger partial charge in [0, 0.05) is 24.3 Å². The predicted molar refractivity (Wildman–Crippen MR) is 85.6 cm³/mol. The maximum atomic E-state index is 12.3. The second kappa shape index (κ2) is 6.60. The van der Waals surface area contributed by atoms with E-state index in [1.54, 1.807) is 19.2 Å². The van der Waals surface area contributed by atoms with Gasteiger partial charge in [0.2, 0.25) is 0 Å². The Kier molecular flexibility index (Phi) is 4.81. The molecule has 0 aliphatic rings. The number of Topliss-reactive ketones (excluding diaryl/α,β-unsaturated/α-hetero) is 1. The van der Waals surface area contributed by atoms with Crippen molar-refractivity contribution in [1.82, 2.24) is 0 Å². The molecule has 0 bridgehead atoms. The SMILES string of the molecule is COc1ccc2cc(C(=O)CC(C)C)cc(OC(C)=O)c2c1. The normalized spacial score (nSPS) is 10.8. The smallest absolute Gasteiger partial charge is 0.308 e. The molecule has 2 rings (SSSR count). The predicted octanol–water partition coefficient (Wildman–Crippen LogP) is 4.00. The van der Waals surface area contributed by atoms with Gasteiger partial charge in [-0.25, -0.2) is 0 Å². The fourth-order valence-corrected chi connectivity index (χ4v) is 2.32. The molecule has 2 aromatic rings. The average molecular weight is 300 g/mol. The summed E-state index contributed by atoms with van der Waals surface area (Å²) in [5, 5.41) is 1.59. The molecule has 22 heavy (non-hydrogen) atoms. The average Bonchev–Trinajstić information content (AvgIpc) is 2.45. The van der Waals surface area contributed by atoms with Gasteiger partial charge in [-0.1, -0.05) is 19.9 Å². The highest BCUT2D eigenvalue weighted by Crippen LogP contribution is 2.31. The highest BCUT2D eigenvalue weighted by atomic mass is 16.5. The zero-order valence-electron chi connectivity index (χ0n) is 13.3. The first-order chi connectivity index (χ1) is 10.4. The van der Waals surface area contributed by atoms with Crippen molar-refractivity contribution in [2.45, 2.75) is 27.2 Å². The maximum absolute atomic E-state index is 12.3. The molecular weight excluding hydrogens is 280 g/mol. The van der Waals surface area contributed by atoms with E-state index in [2.05, 4.69) is 0 Å². The first-order valence-electron chi connectivity index (χ1n) is 7.24. The summed E-state index contributed by atoms with van der Waals surface area (Å²) >= 11 is 0. The van der Waals surface area contributed by atoms with Crippen LogP contribution in [0.5, 0.6) is 11.5 Å². The van der Waals surface area contributed by atoms with Gasteiger partial charge in [-0.2, -0.15) is 0 Å². The van der Waals surface area contributed by atoms with Gasteiger partial charge in [0.25, 0.3) is 0 Å². The third-order valence-corrected chi connectivity index (χ3v) is 3.29. The minimum Gasteiger partial charge on any atom is -0.497 e. The lowest BCUT2D eigenvalue weighted by Crippen LogP contribution is -2.06.